The molecule has 150 valence electrons. The molecule has 3 aromatic rings. The van der Waals surface area contributed by atoms with Gasteiger partial charge in [-0.3, -0.25) is 0 Å². The third-order valence-corrected chi connectivity index (χ3v) is 6.89. The van der Waals surface area contributed by atoms with E-state index in [1.54, 1.807) is 11.3 Å². The molecule has 0 radical (unpaired) electrons. The quantitative estimate of drug-likeness (QED) is 0.422. The number of thiophene rings is 1. The van der Waals surface area contributed by atoms with Gasteiger partial charge in [-0.1, -0.05) is 25.4 Å². The third-order valence-electron chi connectivity index (χ3n) is 5.03. The van der Waals surface area contributed by atoms with E-state index in [0.717, 1.165) is 63.4 Å². The van der Waals surface area contributed by atoms with E-state index in [2.05, 4.69) is 40.7 Å². The number of halogens is 2. The predicted octanol–water partition coefficient (Wildman–Crippen LogP) is 5.77. The lowest BCUT2D eigenvalue weighted by molar-refractivity contribution is 0.202. The minimum absolute atomic E-state index is 0.412. The van der Waals surface area contributed by atoms with Crippen LogP contribution >= 0.6 is 38.9 Å². The molecule has 2 heterocycles. The first-order valence-electron chi connectivity index (χ1n) is 9.71. The fourth-order valence-electron chi connectivity index (χ4n) is 3.60. The van der Waals surface area contributed by atoms with Crippen molar-refractivity contribution >= 4 is 49.8 Å². The number of benzene rings is 1. The van der Waals surface area contributed by atoms with E-state index in [0.29, 0.717) is 17.6 Å². The minimum Gasteiger partial charge on any atom is -0.330 e. The van der Waals surface area contributed by atoms with Crippen LogP contribution in [0.4, 0.5) is 0 Å². The van der Waals surface area contributed by atoms with E-state index in [9.17, 15) is 0 Å². The first-order chi connectivity index (χ1) is 13.5. The van der Waals surface area contributed by atoms with Crippen molar-refractivity contribution in [2.45, 2.75) is 39.2 Å². The molecule has 0 aliphatic rings. The molecule has 0 fully saturated rings. The standard InChI is InChI=1S/C21H26BrClN4S/c1-3-27(4-2)15(6-5-11-24)13-18-16-8-7-14(23)12-17(16)25-21(26-18)19-9-10-20(22)28-19/h7-10,12,15H,3-6,11,13,24H2,1-2H3. The zero-order valence-electron chi connectivity index (χ0n) is 16.3. The van der Waals surface area contributed by atoms with E-state index in [1.165, 1.54) is 0 Å². The van der Waals surface area contributed by atoms with Crippen LogP contribution in [-0.4, -0.2) is 40.5 Å². The molecule has 0 aliphatic carbocycles. The number of hydrogen-bond donors (Lipinski definition) is 1. The van der Waals surface area contributed by atoms with Crippen LogP contribution < -0.4 is 5.73 Å². The molecular weight excluding hydrogens is 456 g/mol. The van der Waals surface area contributed by atoms with Crippen LogP contribution in [0.5, 0.6) is 0 Å². The number of fused-ring (bicyclic) bond motifs is 1. The number of hydrogen-bond acceptors (Lipinski definition) is 5. The lowest BCUT2D eigenvalue weighted by Gasteiger charge is -2.30. The van der Waals surface area contributed by atoms with Crippen molar-refractivity contribution in [3.63, 3.8) is 0 Å². The largest absolute Gasteiger partial charge is 0.330 e. The Morgan fingerprint density at radius 1 is 1.18 bits per heavy atom. The van der Waals surface area contributed by atoms with Crippen LogP contribution in [0.3, 0.4) is 0 Å². The van der Waals surface area contributed by atoms with Gasteiger partial charge in [0.05, 0.1) is 19.9 Å². The second kappa shape index (κ2) is 10.1. The minimum atomic E-state index is 0.412. The second-order valence-corrected chi connectivity index (χ2v) is 9.67. The van der Waals surface area contributed by atoms with Gasteiger partial charge in [-0.2, -0.15) is 0 Å². The number of nitrogens with two attached hydrogens (primary N) is 1. The van der Waals surface area contributed by atoms with Crippen LogP contribution in [0, 0.1) is 0 Å². The van der Waals surface area contributed by atoms with Crippen LogP contribution in [-0.2, 0) is 6.42 Å². The highest BCUT2D eigenvalue weighted by molar-refractivity contribution is 9.11. The van der Waals surface area contributed by atoms with Crippen LogP contribution in [0.25, 0.3) is 21.6 Å². The van der Waals surface area contributed by atoms with Gasteiger partial charge >= 0.3 is 0 Å². The number of likely N-dealkylation sites (N-methyl/N-ethyl adjacent to an activating group) is 1. The summed E-state index contributed by atoms with van der Waals surface area (Å²) in [6.07, 6.45) is 2.96. The Morgan fingerprint density at radius 3 is 2.61 bits per heavy atom. The van der Waals surface area contributed by atoms with Gasteiger partial charge in [0.15, 0.2) is 5.82 Å². The number of nitrogens with zero attached hydrogens (tertiary/aromatic N) is 3. The predicted molar refractivity (Wildman–Crippen MR) is 124 cm³/mol. The smallest absolute Gasteiger partial charge is 0.170 e. The Balaban J connectivity index is 2.06. The maximum Gasteiger partial charge on any atom is 0.170 e. The highest BCUT2D eigenvalue weighted by atomic mass is 79.9. The third kappa shape index (κ3) is 5.10. The van der Waals surface area contributed by atoms with Gasteiger partial charge in [0.25, 0.3) is 0 Å². The average Bonchev–Trinajstić information content (AvgIpc) is 3.12. The molecule has 0 bridgehead atoms. The van der Waals surface area contributed by atoms with Crippen molar-refractivity contribution in [1.82, 2.24) is 14.9 Å². The Bertz CT molecular complexity index is 926. The van der Waals surface area contributed by atoms with Crippen molar-refractivity contribution in [3.05, 3.63) is 44.8 Å². The Labute approximate surface area is 184 Å². The Hall–Kier alpha value is -1.05. The number of rotatable bonds is 9. The summed E-state index contributed by atoms with van der Waals surface area (Å²) in [5.74, 6) is 0.762. The van der Waals surface area contributed by atoms with Crippen molar-refractivity contribution < 1.29 is 0 Å². The van der Waals surface area contributed by atoms with Gasteiger partial charge in [-0.05, 0) is 78.7 Å². The molecular formula is C21H26BrClN4S. The van der Waals surface area contributed by atoms with Gasteiger partial charge in [-0.25, -0.2) is 9.97 Å². The molecule has 0 saturated heterocycles. The fraction of sp³-hybridized carbons (Fsp3) is 0.429. The van der Waals surface area contributed by atoms with Gasteiger partial charge < -0.3 is 10.6 Å². The lowest BCUT2D eigenvalue weighted by atomic mass is 10.0. The lowest BCUT2D eigenvalue weighted by Crippen LogP contribution is -2.37. The zero-order chi connectivity index (χ0) is 20.1. The van der Waals surface area contributed by atoms with Gasteiger partial charge in [0.2, 0.25) is 0 Å². The monoisotopic (exact) mass is 480 g/mol. The summed E-state index contributed by atoms with van der Waals surface area (Å²) in [6.45, 7) is 7.18. The molecule has 0 aliphatic heterocycles. The molecule has 7 heteroatoms. The average molecular weight is 482 g/mol. The maximum atomic E-state index is 6.26. The van der Waals surface area contributed by atoms with E-state index >= 15 is 0 Å². The number of aromatic nitrogens is 2. The molecule has 0 saturated carbocycles. The van der Waals surface area contributed by atoms with Gasteiger partial charge in [0, 0.05) is 22.9 Å². The van der Waals surface area contributed by atoms with Crippen LogP contribution in [0.1, 0.15) is 32.4 Å². The molecule has 4 nitrogen and oxygen atoms in total. The Morgan fingerprint density at radius 2 is 1.96 bits per heavy atom. The highest BCUT2D eigenvalue weighted by Gasteiger charge is 2.20. The summed E-state index contributed by atoms with van der Waals surface area (Å²) < 4.78 is 1.07. The summed E-state index contributed by atoms with van der Waals surface area (Å²) in [7, 11) is 0. The van der Waals surface area contributed by atoms with Crippen LogP contribution in [0.15, 0.2) is 34.1 Å². The first kappa shape index (κ1) is 21.7. The SMILES string of the molecule is CCN(CC)C(CCCN)Cc1nc(-c2ccc(Br)s2)nc2cc(Cl)ccc12. The van der Waals surface area contributed by atoms with Crippen molar-refractivity contribution in [2.24, 2.45) is 5.73 Å². The zero-order valence-corrected chi connectivity index (χ0v) is 19.4. The molecule has 1 aromatic carbocycles. The molecule has 1 atom stereocenters. The second-order valence-electron chi connectivity index (χ2n) is 6.77. The van der Waals surface area contributed by atoms with E-state index in [4.69, 9.17) is 27.3 Å². The molecule has 3 rings (SSSR count). The molecule has 28 heavy (non-hydrogen) atoms. The Kier molecular flexibility index (Phi) is 7.83. The van der Waals surface area contributed by atoms with Crippen molar-refractivity contribution in [3.8, 4) is 10.7 Å². The summed E-state index contributed by atoms with van der Waals surface area (Å²) in [5.41, 5.74) is 7.78. The fourth-order valence-corrected chi connectivity index (χ4v) is 5.09. The van der Waals surface area contributed by atoms with Gasteiger partial charge in [-0.15, -0.1) is 11.3 Å². The van der Waals surface area contributed by atoms with Crippen molar-refractivity contribution in [1.29, 1.82) is 0 Å². The van der Waals surface area contributed by atoms with E-state index in [-0.39, 0.29) is 0 Å². The maximum absolute atomic E-state index is 6.26. The molecule has 2 N–H and O–H groups in total. The first-order valence-corrected chi connectivity index (χ1v) is 11.7. The normalized spacial score (nSPS) is 12.8. The molecule has 2 aromatic heterocycles. The molecule has 0 spiro atoms. The summed E-state index contributed by atoms with van der Waals surface area (Å²) >= 11 is 11.4. The molecule has 1 unspecified atom stereocenters. The topological polar surface area (TPSA) is 55.0 Å². The van der Waals surface area contributed by atoms with Crippen molar-refractivity contribution in [2.75, 3.05) is 19.6 Å². The summed E-state index contributed by atoms with van der Waals surface area (Å²) in [6, 6.07) is 10.4. The van der Waals surface area contributed by atoms with Gasteiger partial charge in [0.1, 0.15) is 0 Å². The summed E-state index contributed by atoms with van der Waals surface area (Å²) in [4.78, 5) is 13.3. The van der Waals surface area contributed by atoms with E-state index in [1.807, 2.05) is 24.3 Å². The molecule has 0 amide bonds. The van der Waals surface area contributed by atoms with Crippen LogP contribution in [0.2, 0.25) is 5.02 Å². The summed E-state index contributed by atoms with van der Waals surface area (Å²) in [5, 5.41) is 1.77. The highest BCUT2D eigenvalue weighted by Crippen LogP contribution is 2.32. The van der Waals surface area contributed by atoms with E-state index < -0.39 is 0 Å².